The van der Waals surface area contributed by atoms with Crippen molar-refractivity contribution in [2.24, 2.45) is 0 Å². The zero-order valence-corrected chi connectivity index (χ0v) is 12.5. The van der Waals surface area contributed by atoms with Crippen molar-refractivity contribution in [2.45, 2.75) is 31.7 Å². The molecule has 1 saturated heterocycles. The molecule has 0 bridgehead atoms. The fourth-order valence-corrected chi connectivity index (χ4v) is 2.89. The lowest BCUT2D eigenvalue weighted by Crippen LogP contribution is -2.44. The molecule has 1 aliphatic heterocycles. The number of benzene rings is 1. The van der Waals surface area contributed by atoms with Crippen LogP contribution in [0.2, 0.25) is 5.02 Å². The summed E-state index contributed by atoms with van der Waals surface area (Å²) in [4.78, 5) is 14.5. The van der Waals surface area contributed by atoms with E-state index in [-0.39, 0.29) is 17.7 Å². The van der Waals surface area contributed by atoms with Crippen molar-refractivity contribution in [2.75, 3.05) is 20.1 Å². The van der Waals surface area contributed by atoms with Gasteiger partial charge in [0.1, 0.15) is 5.75 Å². The van der Waals surface area contributed by atoms with Crippen LogP contribution in [0.1, 0.15) is 36.0 Å². The molecule has 0 aliphatic carbocycles. The molecule has 1 atom stereocenters. The highest BCUT2D eigenvalue weighted by Gasteiger charge is 2.28. The molecular weight excluding hydrogens is 276 g/mol. The summed E-state index contributed by atoms with van der Waals surface area (Å²) in [6.07, 6.45) is 4.13. The van der Waals surface area contributed by atoms with E-state index in [4.69, 9.17) is 11.6 Å². The van der Waals surface area contributed by atoms with Crippen molar-refractivity contribution in [3.63, 3.8) is 0 Å². The van der Waals surface area contributed by atoms with Crippen LogP contribution in [0.4, 0.5) is 0 Å². The van der Waals surface area contributed by atoms with Gasteiger partial charge in [-0.3, -0.25) is 4.79 Å². The molecule has 2 N–H and O–H groups in total. The van der Waals surface area contributed by atoms with E-state index < -0.39 is 0 Å². The molecule has 1 fully saturated rings. The number of phenols is 1. The molecule has 20 heavy (non-hydrogen) atoms. The van der Waals surface area contributed by atoms with Crippen molar-refractivity contribution >= 4 is 17.5 Å². The molecule has 0 radical (unpaired) electrons. The number of hydrogen-bond acceptors (Lipinski definition) is 3. The van der Waals surface area contributed by atoms with Crippen molar-refractivity contribution in [3.8, 4) is 5.75 Å². The predicted molar refractivity (Wildman–Crippen MR) is 80.3 cm³/mol. The number of amides is 1. The van der Waals surface area contributed by atoms with Crippen LogP contribution in [0.5, 0.6) is 5.75 Å². The molecule has 5 heteroatoms. The summed E-state index contributed by atoms with van der Waals surface area (Å²) in [5, 5.41) is 13.5. The first-order valence-electron chi connectivity index (χ1n) is 7.07. The number of hydrogen-bond donors (Lipinski definition) is 2. The van der Waals surface area contributed by atoms with Crippen molar-refractivity contribution in [1.82, 2.24) is 10.2 Å². The molecule has 1 aromatic rings. The summed E-state index contributed by atoms with van der Waals surface area (Å²) in [6.45, 7) is 1.63. The minimum Gasteiger partial charge on any atom is -0.507 e. The zero-order valence-electron chi connectivity index (χ0n) is 11.7. The highest BCUT2D eigenvalue weighted by atomic mass is 35.5. The number of phenolic OH excluding ortho intramolecular Hbond substituents is 1. The van der Waals surface area contributed by atoms with E-state index in [1.165, 1.54) is 6.07 Å². The van der Waals surface area contributed by atoms with Gasteiger partial charge in [0, 0.05) is 17.6 Å². The van der Waals surface area contributed by atoms with E-state index in [0.717, 1.165) is 38.8 Å². The van der Waals surface area contributed by atoms with Gasteiger partial charge in [-0.2, -0.15) is 0 Å². The molecule has 1 heterocycles. The van der Waals surface area contributed by atoms with E-state index in [9.17, 15) is 9.90 Å². The summed E-state index contributed by atoms with van der Waals surface area (Å²) in [5.41, 5.74) is 0.300. The van der Waals surface area contributed by atoms with E-state index in [2.05, 4.69) is 5.32 Å². The normalized spacial score (nSPS) is 19.1. The largest absolute Gasteiger partial charge is 0.507 e. The molecule has 0 spiro atoms. The lowest BCUT2D eigenvalue weighted by Gasteiger charge is -2.36. The Morgan fingerprint density at radius 3 is 3.05 bits per heavy atom. The average molecular weight is 297 g/mol. The van der Waals surface area contributed by atoms with Crippen LogP contribution in [0.3, 0.4) is 0 Å². The van der Waals surface area contributed by atoms with Gasteiger partial charge in [0.25, 0.3) is 5.91 Å². The van der Waals surface area contributed by atoms with Crippen LogP contribution in [-0.2, 0) is 0 Å². The van der Waals surface area contributed by atoms with Gasteiger partial charge in [-0.25, -0.2) is 0 Å². The third-order valence-electron chi connectivity index (χ3n) is 3.80. The molecule has 110 valence electrons. The van der Waals surface area contributed by atoms with Crippen LogP contribution in [0.15, 0.2) is 18.2 Å². The van der Waals surface area contributed by atoms with Crippen molar-refractivity contribution in [1.29, 1.82) is 0 Å². The Morgan fingerprint density at radius 2 is 2.30 bits per heavy atom. The highest BCUT2D eigenvalue weighted by Crippen LogP contribution is 2.27. The number of likely N-dealkylation sites (tertiary alicyclic amines) is 1. The van der Waals surface area contributed by atoms with Gasteiger partial charge in [-0.05, 0) is 57.5 Å². The van der Waals surface area contributed by atoms with Crippen LogP contribution >= 0.6 is 11.6 Å². The zero-order chi connectivity index (χ0) is 14.5. The minimum atomic E-state index is -0.120. The highest BCUT2D eigenvalue weighted by molar-refractivity contribution is 6.31. The number of nitrogens with zero attached hydrogens (tertiary/aromatic N) is 1. The minimum absolute atomic E-state index is 0.00246. The van der Waals surface area contributed by atoms with Crippen molar-refractivity contribution < 1.29 is 9.90 Å². The summed E-state index contributed by atoms with van der Waals surface area (Å²) in [7, 11) is 1.91. The first-order valence-corrected chi connectivity index (χ1v) is 7.45. The van der Waals surface area contributed by atoms with E-state index in [1.807, 2.05) is 11.9 Å². The topological polar surface area (TPSA) is 52.6 Å². The average Bonchev–Trinajstić information content (AvgIpc) is 2.47. The van der Waals surface area contributed by atoms with Gasteiger partial charge in [0.2, 0.25) is 0 Å². The third kappa shape index (κ3) is 3.44. The fraction of sp³-hybridized carbons (Fsp3) is 0.533. The van der Waals surface area contributed by atoms with Gasteiger partial charge >= 0.3 is 0 Å². The second-order valence-electron chi connectivity index (χ2n) is 5.20. The van der Waals surface area contributed by atoms with Gasteiger partial charge in [0.15, 0.2) is 0 Å². The Balaban J connectivity index is 2.18. The number of nitrogens with one attached hydrogen (secondary N) is 1. The molecule has 1 unspecified atom stereocenters. The van der Waals surface area contributed by atoms with Crippen LogP contribution < -0.4 is 5.32 Å². The third-order valence-corrected chi connectivity index (χ3v) is 4.04. The smallest absolute Gasteiger partial charge is 0.257 e. The van der Waals surface area contributed by atoms with E-state index in [0.29, 0.717) is 10.6 Å². The Bertz CT molecular complexity index is 479. The SMILES string of the molecule is CNCCC1CCCCN1C(=O)c1cc(Cl)ccc1O. The predicted octanol–water partition coefficient (Wildman–Crippen LogP) is 2.65. The number of rotatable bonds is 4. The van der Waals surface area contributed by atoms with Crippen LogP contribution in [-0.4, -0.2) is 42.1 Å². The maximum atomic E-state index is 12.6. The lowest BCUT2D eigenvalue weighted by atomic mass is 9.98. The van der Waals surface area contributed by atoms with Gasteiger partial charge in [0.05, 0.1) is 5.56 Å². The number of piperidine rings is 1. The lowest BCUT2D eigenvalue weighted by molar-refractivity contribution is 0.0599. The molecule has 0 aromatic heterocycles. The first-order chi connectivity index (χ1) is 9.63. The van der Waals surface area contributed by atoms with Crippen molar-refractivity contribution in [3.05, 3.63) is 28.8 Å². The molecule has 1 aliphatic rings. The van der Waals surface area contributed by atoms with Crippen LogP contribution in [0, 0.1) is 0 Å². The fourth-order valence-electron chi connectivity index (χ4n) is 2.71. The molecular formula is C15H21ClN2O2. The molecule has 1 amide bonds. The summed E-state index contributed by atoms with van der Waals surface area (Å²) >= 11 is 5.93. The van der Waals surface area contributed by atoms with Crippen LogP contribution in [0.25, 0.3) is 0 Å². The molecule has 2 rings (SSSR count). The molecule has 1 aromatic carbocycles. The second kappa shape index (κ2) is 6.95. The first kappa shape index (κ1) is 15.1. The van der Waals surface area contributed by atoms with Gasteiger partial charge < -0.3 is 15.3 Å². The summed E-state index contributed by atoms with van der Waals surface area (Å²) < 4.78 is 0. The maximum Gasteiger partial charge on any atom is 0.257 e. The number of carbonyl (C=O) groups excluding carboxylic acids is 1. The van der Waals surface area contributed by atoms with E-state index in [1.54, 1.807) is 12.1 Å². The Labute approximate surface area is 124 Å². The monoisotopic (exact) mass is 296 g/mol. The quantitative estimate of drug-likeness (QED) is 0.898. The number of aromatic hydroxyl groups is 1. The molecule has 4 nitrogen and oxygen atoms in total. The second-order valence-corrected chi connectivity index (χ2v) is 5.64. The molecule has 0 saturated carbocycles. The summed E-state index contributed by atoms with van der Waals surface area (Å²) in [6, 6.07) is 4.84. The Kier molecular flexibility index (Phi) is 5.26. The standard InChI is InChI=1S/C15H21ClN2O2/c1-17-8-7-12-4-2-3-9-18(12)15(20)13-10-11(16)5-6-14(13)19/h5-6,10,12,17,19H,2-4,7-9H2,1H3. The van der Waals surface area contributed by atoms with Gasteiger partial charge in [-0.15, -0.1) is 0 Å². The maximum absolute atomic E-state index is 12.6. The number of carbonyl (C=O) groups is 1. The Hall–Kier alpha value is -1.26. The Morgan fingerprint density at radius 1 is 1.50 bits per heavy atom. The number of halogens is 1. The van der Waals surface area contributed by atoms with Gasteiger partial charge in [-0.1, -0.05) is 11.6 Å². The van der Waals surface area contributed by atoms with E-state index >= 15 is 0 Å². The summed E-state index contributed by atoms with van der Waals surface area (Å²) in [5.74, 6) is -0.122.